The van der Waals surface area contributed by atoms with Crippen LogP contribution in [-0.2, 0) is 9.59 Å². The first-order chi connectivity index (χ1) is 9.09. The van der Waals surface area contributed by atoms with Gasteiger partial charge in [0.25, 0.3) is 0 Å². The van der Waals surface area contributed by atoms with Gasteiger partial charge in [-0.15, -0.1) is 0 Å². The van der Waals surface area contributed by atoms with Gasteiger partial charge in [-0.3, -0.25) is 9.59 Å². The molecule has 0 bridgehead atoms. The van der Waals surface area contributed by atoms with Gasteiger partial charge in [0, 0.05) is 12.4 Å². The molecule has 6 nitrogen and oxygen atoms in total. The molecule has 104 valence electrons. The molecule has 19 heavy (non-hydrogen) atoms. The standard InChI is InChI=1S/C13H19N3O3/c1-8(11-14-6-7-15-11)16-12(17)9-4-2-3-5-10(9)13(18)19/h6-10H,2-5H2,1H3,(H,14,15)(H,16,17)(H,18,19). The summed E-state index contributed by atoms with van der Waals surface area (Å²) in [4.78, 5) is 30.4. The van der Waals surface area contributed by atoms with Crippen LogP contribution in [0.2, 0.25) is 0 Å². The smallest absolute Gasteiger partial charge is 0.307 e. The van der Waals surface area contributed by atoms with E-state index >= 15 is 0 Å². The Morgan fingerprint density at radius 3 is 2.68 bits per heavy atom. The fraction of sp³-hybridized carbons (Fsp3) is 0.615. The quantitative estimate of drug-likeness (QED) is 0.768. The number of hydrogen-bond acceptors (Lipinski definition) is 3. The minimum atomic E-state index is -0.870. The topological polar surface area (TPSA) is 95.1 Å². The van der Waals surface area contributed by atoms with Gasteiger partial charge in [0.1, 0.15) is 5.82 Å². The molecule has 1 aromatic rings. The summed E-state index contributed by atoms with van der Waals surface area (Å²) in [5.74, 6) is -1.36. The van der Waals surface area contributed by atoms with Crippen molar-refractivity contribution in [3.8, 4) is 0 Å². The molecule has 1 aliphatic carbocycles. The number of imidazole rings is 1. The van der Waals surface area contributed by atoms with Crippen LogP contribution in [0.1, 0.15) is 44.5 Å². The van der Waals surface area contributed by atoms with Crippen molar-refractivity contribution in [3.05, 3.63) is 18.2 Å². The lowest BCUT2D eigenvalue weighted by atomic mass is 9.78. The van der Waals surface area contributed by atoms with Gasteiger partial charge < -0.3 is 15.4 Å². The first kappa shape index (κ1) is 13.6. The highest BCUT2D eigenvalue weighted by atomic mass is 16.4. The molecule has 1 fully saturated rings. The summed E-state index contributed by atoms with van der Waals surface area (Å²) in [6, 6.07) is -0.237. The molecule has 1 amide bonds. The third-order valence-electron chi connectivity index (χ3n) is 3.71. The van der Waals surface area contributed by atoms with E-state index < -0.39 is 17.8 Å². The van der Waals surface area contributed by atoms with Crippen LogP contribution < -0.4 is 5.32 Å². The van der Waals surface area contributed by atoms with Crippen molar-refractivity contribution < 1.29 is 14.7 Å². The number of amides is 1. The zero-order valence-electron chi connectivity index (χ0n) is 10.9. The number of aliphatic carboxylic acids is 1. The minimum absolute atomic E-state index is 0.184. The van der Waals surface area contributed by atoms with Gasteiger partial charge in [0.15, 0.2) is 0 Å². The van der Waals surface area contributed by atoms with Crippen LogP contribution in [0.25, 0.3) is 0 Å². The van der Waals surface area contributed by atoms with E-state index in [-0.39, 0.29) is 11.9 Å². The Kier molecular flexibility index (Phi) is 4.19. The van der Waals surface area contributed by atoms with Crippen molar-refractivity contribution in [3.63, 3.8) is 0 Å². The second kappa shape index (κ2) is 5.86. The molecule has 3 N–H and O–H groups in total. The van der Waals surface area contributed by atoms with E-state index in [1.807, 2.05) is 6.92 Å². The van der Waals surface area contributed by atoms with Crippen LogP contribution >= 0.6 is 0 Å². The molecular formula is C13H19N3O3. The molecule has 0 saturated heterocycles. The maximum atomic E-state index is 12.2. The number of rotatable bonds is 4. The lowest BCUT2D eigenvalue weighted by Crippen LogP contribution is -2.40. The third kappa shape index (κ3) is 3.13. The molecular weight excluding hydrogens is 246 g/mol. The number of hydrogen-bond donors (Lipinski definition) is 3. The molecule has 0 spiro atoms. The number of carboxylic acids is 1. The first-order valence-electron chi connectivity index (χ1n) is 6.62. The van der Waals surface area contributed by atoms with Crippen molar-refractivity contribution in [2.45, 2.75) is 38.6 Å². The largest absolute Gasteiger partial charge is 0.481 e. The monoisotopic (exact) mass is 265 g/mol. The summed E-state index contributed by atoms with van der Waals surface area (Å²) in [6.45, 7) is 1.83. The Hall–Kier alpha value is -1.85. The lowest BCUT2D eigenvalue weighted by molar-refractivity contribution is -0.149. The van der Waals surface area contributed by atoms with Gasteiger partial charge in [-0.25, -0.2) is 4.98 Å². The first-order valence-corrected chi connectivity index (χ1v) is 6.62. The lowest BCUT2D eigenvalue weighted by Gasteiger charge is -2.28. The zero-order chi connectivity index (χ0) is 13.8. The number of carbonyl (C=O) groups excluding carboxylic acids is 1. The maximum absolute atomic E-state index is 12.2. The molecule has 0 aromatic carbocycles. The van der Waals surface area contributed by atoms with E-state index in [0.29, 0.717) is 18.7 Å². The summed E-state index contributed by atoms with van der Waals surface area (Å²) in [5.41, 5.74) is 0. The van der Waals surface area contributed by atoms with E-state index in [2.05, 4.69) is 15.3 Å². The summed E-state index contributed by atoms with van der Waals surface area (Å²) < 4.78 is 0. The molecule has 1 aliphatic rings. The summed E-state index contributed by atoms with van der Waals surface area (Å²) in [7, 11) is 0. The van der Waals surface area contributed by atoms with Gasteiger partial charge in [-0.05, 0) is 19.8 Å². The number of aromatic amines is 1. The Morgan fingerprint density at radius 2 is 2.11 bits per heavy atom. The van der Waals surface area contributed by atoms with Crippen LogP contribution in [0.4, 0.5) is 0 Å². The second-order valence-electron chi connectivity index (χ2n) is 5.04. The summed E-state index contributed by atoms with van der Waals surface area (Å²) in [6.07, 6.45) is 6.35. The zero-order valence-corrected chi connectivity index (χ0v) is 10.9. The summed E-state index contributed by atoms with van der Waals surface area (Å²) >= 11 is 0. The van der Waals surface area contributed by atoms with Gasteiger partial charge in [-0.1, -0.05) is 12.8 Å². The molecule has 0 aliphatic heterocycles. The van der Waals surface area contributed by atoms with Gasteiger partial charge in [0.05, 0.1) is 17.9 Å². The second-order valence-corrected chi connectivity index (χ2v) is 5.04. The predicted octanol–water partition coefficient (Wildman–Crippen LogP) is 1.48. The maximum Gasteiger partial charge on any atom is 0.307 e. The van der Waals surface area contributed by atoms with Crippen LogP contribution in [0, 0.1) is 11.8 Å². The molecule has 0 radical (unpaired) electrons. The van der Waals surface area contributed by atoms with Crippen molar-refractivity contribution in [2.75, 3.05) is 0 Å². The van der Waals surface area contributed by atoms with Crippen LogP contribution in [0.15, 0.2) is 12.4 Å². The number of aromatic nitrogens is 2. The van der Waals surface area contributed by atoms with Crippen LogP contribution in [-0.4, -0.2) is 27.0 Å². The fourth-order valence-electron chi connectivity index (χ4n) is 2.64. The van der Waals surface area contributed by atoms with Gasteiger partial charge >= 0.3 is 5.97 Å². The molecule has 6 heteroatoms. The van der Waals surface area contributed by atoms with E-state index in [9.17, 15) is 14.7 Å². The predicted molar refractivity (Wildman–Crippen MR) is 68.2 cm³/mol. The number of carboxylic acid groups (broad SMARTS) is 1. The average Bonchev–Trinajstić information content (AvgIpc) is 2.92. The molecule has 2 rings (SSSR count). The van der Waals surface area contributed by atoms with Crippen molar-refractivity contribution in [1.82, 2.24) is 15.3 Å². The van der Waals surface area contributed by atoms with Gasteiger partial charge in [0.2, 0.25) is 5.91 Å². The number of H-pyrrole nitrogens is 1. The number of carbonyl (C=O) groups is 2. The molecule has 1 saturated carbocycles. The molecule has 1 aromatic heterocycles. The van der Waals surface area contributed by atoms with E-state index in [4.69, 9.17) is 0 Å². The number of nitrogens with zero attached hydrogens (tertiary/aromatic N) is 1. The van der Waals surface area contributed by atoms with Crippen molar-refractivity contribution >= 4 is 11.9 Å². The fourth-order valence-corrected chi connectivity index (χ4v) is 2.64. The van der Waals surface area contributed by atoms with E-state index in [1.54, 1.807) is 12.4 Å². The highest BCUT2D eigenvalue weighted by Crippen LogP contribution is 2.30. The minimum Gasteiger partial charge on any atom is -0.481 e. The third-order valence-corrected chi connectivity index (χ3v) is 3.71. The SMILES string of the molecule is CC(NC(=O)C1CCCCC1C(=O)O)c1ncc[nH]1. The Bertz CT molecular complexity index is 444. The summed E-state index contributed by atoms with van der Waals surface area (Å²) in [5, 5.41) is 12.0. The Morgan fingerprint density at radius 1 is 1.42 bits per heavy atom. The highest BCUT2D eigenvalue weighted by molar-refractivity contribution is 5.85. The van der Waals surface area contributed by atoms with Crippen LogP contribution in [0.5, 0.6) is 0 Å². The number of nitrogens with one attached hydrogen (secondary N) is 2. The van der Waals surface area contributed by atoms with Crippen LogP contribution in [0.3, 0.4) is 0 Å². The van der Waals surface area contributed by atoms with E-state index in [1.165, 1.54) is 0 Å². The van der Waals surface area contributed by atoms with Gasteiger partial charge in [-0.2, -0.15) is 0 Å². The molecule has 3 unspecified atom stereocenters. The van der Waals surface area contributed by atoms with Crippen molar-refractivity contribution in [2.24, 2.45) is 11.8 Å². The molecule has 3 atom stereocenters. The molecule has 1 heterocycles. The van der Waals surface area contributed by atoms with E-state index in [0.717, 1.165) is 12.8 Å². The normalized spacial score (nSPS) is 24.7. The Balaban J connectivity index is 2.00. The highest BCUT2D eigenvalue weighted by Gasteiger charge is 2.36. The average molecular weight is 265 g/mol. The Labute approximate surface area is 111 Å². The van der Waals surface area contributed by atoms with Crippen molar-refractivity contribution in [1.29, 1.82) is 0 Å².